The SMILES string of the molecule is COCCCC(N)C(=O)N1CCCC2CCCCC21. The molecule has 1 saturated heterocycles. The summed E-state index contributed by atoms with van der Waals surface area (Å²) < 4.78 is 5.02. The molecule has 1 heterocycles. The number of piperidine rings is 1. The average molecular weight is 268 g/mol. The zero-order chi connectivity index (χ0) is 13.7. The second kappa shape index (κ2) is 7.25. The number of fused-ring (bicyclic) bond motifs is 1. The van der Waals surface area contributed by atoms with E-state index < -0.39 is 0 Å². The molecule has 0 bridgehead atoms. The number of methoxy groups -OCH3 is 1. The molecule has 110 valence electrons. The maximum atomic E-state index is 12.5. The van der Waals surface area contributed by atoms with E-state index in [1.807, 2.05) is 0 Å². The highest BCUT2D eigenvalue weighted by Crippen LogP contribution is 2.35. The van der Waals surface area contributed by atoms with Crippen molar-refractivity contribution in [1.29, 1.82) is 0 Å². The zero-order valence-corrected chi connectivity index (χ0v) is 12.1. The Bertz CT molecular complexity index is 294. The Morgan fingerprint density at radius 1 is 1.32 bits per heavy atom. The summed E-state index contributed by atoms with van der Waals surface area (Å²) in [5, 5.41) is 0. The summed E-state index contributed by atoms with van der Waals surface area (Å²) in [4.78, 5) is 14.6. The third kappa shape index (κ3) is 3.69. The van der Waals surface area contributed by atoms with Crippen molar-refractivity contribution in [2.45, 2.75) is 63.5 Å². The molecule has 2 aliphatic rings. The Labute approximate surface area is 116 Å². The third-order valence-corrected chi connectivity index (χ3v) is 4.71. The summed E-state index contributed by atoms with van der Waals surface area (Å²) in [5.74, 6) is 0.908. The number of carbonyl (C=O) groups excluding carboxylic acids is 1. The first-order valence-corrected chi connectivity index (χ1v) is 7.79. The number of nitrogens with two attached hydrogens (primary N) is 1. The Balaban J connectivity index is 1.89. The van der Waals surface area contributed by atoms with Gasteiger partial charge in [0.05, 0.1) is 6.04 Å². The molecule has 3 unspecified atom stereocenters. The Hall–Kier alpha value is -0.610. The Morgan fingerprint density at radius 2 is 2.05 bits per heavy atom. The van der Waals surface area contributed by atoms with E-state index in [0.717, 1.165) is 31.7 Å². The van der Waals surface area contributed by atoms with E-state index in [4.69, 9.17) is 10.5 Å². The highest BCUT2D eigenvalue weighted by Gasteiger charge is 2.36. The van der Waals surface area contributed by atoms with Crippen LogP contribution in [0.5, 0.6) is 0 Å². The number of likely N-dealkylation sites (tertiary alicyclic amines) is 1. The van der Waals surface area contributed by atoms with Crippen LogP contribution in [0.2, 0.25) is 0 Å². The highest BCUT2D eigenvalue weighted by atomic mass is 16.5. The van der Waals surface area contributed by atoms with Gasteiger partial charge in [-0.15, -0.1) is 0 Å². The normalized spacial score (nSPS) is 28.8. The molecule has 1 saturated carbocycles. The Kier molecular flexibility index (Phi) is 5.64. The molecule has 1 aliphatic carbocycles. The number of hydrogen-bond acceptors (Lipinski definition) is 3. The van der Waals surface area contributed by atoms with Crippen LogP contribution >= 0.6 is 0 Å². The molecule has 2 rings (SSSR count). The molecule has 4 heteroatoms. The Morgan fingerprint density at radius 3 is 2.84 bits per heavy atom. The topological polar surface area (TPSA) is 55.6 Å². The van der Waals surface area contributed by atoms with Gasteiger partial charge in [0.25, 0.3) is 0 Å². The van der Waals surface area contributed by atoms with Gasteiger partial charge < -0.3 is 15.4 Å². The molecule has 2 N–H and O–H groups in total. The minimum atomic E-state index is -0.337. The van der Waals surface area contributed by atoms with Crippen LogP contribution in [-0.2, 0) is 9.53 Å². The number of hydrogen-bond donors (Lipinski definition) is 1. The van der Waals surface area contributed by atoms with Crippen molar-refractivity contribution in [3.63, 3.8) is 0 Å². The molecular weight excluding hydrogens is 240 g/mol. The maximum absolute atomic E-state index is 12.5. The van der Waals surface area contributed by atoms with Crippen LogP contribution < -0.4 is 5.73 Å². The van der Waals surface area contributed by atoms with Gasteiger partial charge in [-0.3, -0.25) is 4.79 Å². The highest BCUT2D eigenvalue weighted by molar-refractivity contribution is 5.82. The molecule has 3 atom stereocenters. The van der Waals surface area contributed by atoms with Crippen molar-refractivity contribution >= 4 is 5.91 Å². The fourth-order valence-electron chi connectivity index (χ4n) is 3.68. The van der Waals surface area contributed by atoms with Gasteiger partial charge in [-0.1, -0.05) is 12.8 Å². The molecule has 0 aromatic heterocycles. The fourth-order valence-corrected chi connectivity index (χ4v) is 3.68. The molecule has 0 aromatic rings. The number of carbonyl (C=O) groups is 1. The average Bonchev–Trinajstić information content (AvgIpc) is 2.46. The van der Waals surface area contributed by atoms with Gasteiger partial charge in [0, 0.05) is 26.3 Å². The smallest absolute Gasteiger partial charge is 0.239 e. The second-order valence-corrected chi connectivity index (χ2v) is 6.03. The van der Waals surface area contributed by atoms with Gasteiger partial charge in [0.2, 0.25) is 5.91 Å². The van der Waals surface area contributed by atoms with E-state index in [1.54, 1.807) is 7.11 Å². The first-order valence-electron chi connectivity index (χ1n) is 7.79. The van der Waals surface area contributed by atoms with Crippen LogP contribution in [0.15, 0.2) is 0 Å². The molecule has 0 aromatic carbocycles. The van der Waals surface area contributed by atoms with Gasteiger partial charge in [-0.05, 0) is 44.4 Å². The monoisotopic (exact) mass is 268 g/mol. The van der Waals surface area contributed by atoms with Crippen molar-refractivity contribution in [3.05, 3.63) is 0 Å². The fraction of sp³-hybridized carbons (Fsp3) is 0.933. The summed E-state index contributed by atoms with van der Waals surface area (Å²) >= 11 is 0. The van der Waals surface area contributed by atoms with Crippen LogP contribution in [0.25, 0.3) is 0 Å². The molecule has 19 heavy (non-hydrogen) atoms. The molecule has 4 nitrogen and oxygen atoms in total. The van der Waals surface area contributed by atoms with E-state index in [2.05, 4.69) is 4.90 Å². The van der Waals surface area contributed by atoms with E-state index >= 15 is 0 Å². The van der Waals surface area contributed by atoms with Gasteiger partial charge in [-0.2, -0.15) is 0 Å². The van der Waals surface area contributed by atoms with Crippen LogP contribution in [0.3, 0.4) is 0 Å². The number of nitrogens with zero attached hydrogens (tertiary/aromatic N) is 1. The van der Waals surface area contributed by atoms with Crippen LogP contribution in [0.1, 0.15) is 51.4 Å². The van der Waals surface area contributed by atoms with Gasteiger partial charge >= 0.3 is 0 Å². The van der Waals surface area contributed by atoms with E-state index in [-0.39, 0.29) is 11.9 Å². The molecule has 0 radical (unpaired) electrons. The van der Waals surface area contributed by atoms with Gasteiger partial charge in [0.1, 0.15) is 0 Å². The van der Waals surface area contributed by atoms with E-state index in [9.17, 15) is 4.79 Å². The third-order valence-electron chi connectivity index (χ3n) is 4.71. The summed E-state index contributed by atoms with van der Waals surface area (Å²) in [6.07, 6.45) is 9.14. The van der Waals surface area contributed by atoms with Crippen molar-refractivity contribution in [2.75, 3.05) is 20.3 Å². The molecule has 1 aliphatic heterocycles. The molecule has 1 amide bonds. The van der Waals surface area contributed by atoms with Crippen molar-refractivity contribution in [3.8, 4) is 0 Å². The largest absolute Gasteiger partial charge is 0.385 e. The standard InChI is InChI=1S/C15H28N2O2/c1-19-11-5-8-13(16)15(18)17-10-4-7-12-6-2-3-9-14(12)17/h12-14H,2-11,16H2,1H3. The van der Waals surface area contributed by atoms with Crippen molar-refractivity contribution < 1.29 is 9.53 Å². The first-order chi connectivity index (χ1) is 9.24. The predicted octanol–water partition coefficient (Wildman–Crippen LogP) is 1.92. The summed E-state index contributed by atoms with van der Waals surface area (Å²) in [5.41, 5.74) is 6.06. The lowest BCUT2D eigenvalue weighted by Gasteiger charge is -2.45. The van der Waals surface area contributed by atoms with Crippen LogP contribution in [0, 0.1) is 5.92 Å². The quantitative estimate of drug-likeness (QED) is 0.775. The lowest BCUT2D eigenvalue weighted by atomic mass is 9.78. The number of ether oxygens (including phenoxy) is 1. The number of amides is 1. The molecule has 0 spiro atoms. The van der Waals surface area contributed by atoms with Crippen LogP contribution in [-0.4, -0.2) is 43.2 Å². The zero-order valence-electron chi connectivity index (χ0n) is 12.1. The van der Waals surface area contributed by atoms with Crippen molar-refractivity contribution in [1.82, 2.24) is 4.90 Å². The maximum Gasteiger partial charge on any atom is 0.239 e. The van der Waals surface area contributed by atoms with E-state index in [0.29, 0.717) is 12.6 Å². The van der Waals surface area contributed by atoms with Gasteiger partial charge in [-0.25, -0.2) is 0 Å². The summed E-state index contributed by atoms with van der Waals surface area (Å²) in [7, 11) is 1.69. The van der Waals surface area contributed by atoms with Crippen molar-refractivity contribution in [2.24, 2.45) is 11.7 Å². The minimum Gasteiger partial charge on any atom is -0.385 e. The van der Waals surface area contributed by atoms with E-state index in [1.165, 1.54) is 32.1 Å². The summed E-state index contributed by atoms with van der Waals surface area (Å²) in [6.45, 7) is 1.60. The molecular formula is C15H28N2O2. The number of rotatable bonds is 5. The lowest BCUT2D eigenvalue weighted by molar-refractivity contribution is -0.139. The summed E-state index contributed by atoms with van der Waals surface area (Å²) in [6, 6.07) is 0.138. The predicted molar refractivity (Wildman–Crippen MR) is 75.8 cm³/mol. The first kappa shape index (κ1) is 14.8. The van der Waals surface area contributed by atoms with Crippen LogP contribution in [0.4, 0.5) is 0 Å². The lowest BCUT2D eigenvalue weighted by Crippen LogP contribution is -2.54. The minimum absolute atomic E-state index is 0.174. The van der Waals surface area contributed by atoms with Gasteiger partial charge in [0.15, 0.2) is 0 Å². The molecule has 2 fully saturated rings. The second-order valence-electron chi connectivity index (χ2n) is 6.03.